The van der Waals surface area contributed by atoms with Crippen LogP contribution < -0.4 is 0 Å². The molecule has 0 aromatic carbocycles. The molecule has 5 atom stereocenters. The van der Waals surface area contributed by atoms with E-state index in [4.69, 9.17) is 4.74 Å². The summed E-state index contributed by atoms with van der Waals surface area (Å²) in [4.78, 5) is 11.7. The van der Waals surface area contributed by atoms with Gasteiger partial charge in [0.2, 0.25) is 0 Å². The predicted octanol–water partition coefficient (Wildman–Crippen LogP) is 1.57. The maximum atomic E-state index is 11.7. The number of aliphatic hydroxyl groups is 2. The van der Waals surface area contributed by atoms with Gasteiger partial charge in [-0.25, -0.2) is 0 Å². The summed E-state index contributed by atoms with van der Waals surface area (Å²) in [5.41, 5.74) is 1.82. The summed E-state index contributed by atoms with van der Waals surface area (Å²) < 4.78 is 5.33. The molecule has 2 rings (SSSR count). The molecule has 19 heavy (non-hydrogen) atoms. The van der Waals surface area contributed by atoms with Gasteiger partial charge in [0.15, 0.2) is 0 Å². The maximum absolute atomic E-state index is 11.7. The number of hydrogen-bond acceptors (Lipinski definition) is 4. The van der Waals surface area contributed by atoms with Gasteiger partial charge in [0.1, 0.15) is 6.10 Å². The molecule has 2 N–H and O–H groups in total. The van der Waals surface area contributed by atoms with E-state index in [9.17, 15) is 15.0 Å². The number of fused-ring (bicyclic) bond motifs is 1. The molecule has 5 unspecified atom stereocenters. The van der Waals surface area contributed by atoms with Crippen molar-refractivity contribution >= 4 is 5.97 Å². The van der Waals surface area contributed by atoms with Crippen LogP contribution >= 0.6 is 0 Å². The molecule has 1 aliphatic heterocycles. The number of hydrogen-bond donors (Lipinski definition) is 2. The quantitative estimate of drug-likeness (QED) is 0.516. The molecule has 0 bridgehead atoms. The lowest BCUT2D eigenvalue weighted by atomic mass is 9.82. The summed E-state index contributed by atoms with van der Waals surface area (Å²) in [6, 6.07) is 0. The van der Waals surface area contributed by atoms with E-state index in [0.717, 1.165) is 11.1 Å². The number of ether oxygens (including phenoxy) is 1. The van der Waals surface area contributed by atoms with Crippen molar-refractivity contribution in [3.8, 4) is 0 Å². The minimum Gasteiger partial charge on any atom is -0.457 e. The highest BCUT2D eigenvalue weighted by atomic mass is 16.6. The molecule has 0 spiro atoms. The van der Waals surface area contributed by atoms with Gasteiger partial charge in [-0.05, 0) is 38.3 Å². The third-order valence-corrected chi connectivity index (χ3v) is 4.20. The van der Waals surface area contributed by atoms with Gasteiger partial charge < -0.3 is 14.9 Å². The van der Waals surface area contributed by atoms with Gasteiger partial charge in [0.05, 0.1) is 18.1 Å². The first-order chi connectivity index (χ1) is 8.90. The lowest BCUT2D eigenvalue weighted by Gasteiger charge is -2.25. The zero-order valence-corrected chi connectivity index (χ0v) is 11.7. The van der Waals surface area contributed by atoms with Crippen molar-refractivity contribution in [2.24, 2.45) is 11.8 Å². The molecule has 2 aliphatic rings. The van der Waals surface area contributed by atoms with Gasteiger partial charge in [-0.1, -0.05) is 18.6 Å². The standard InChI is InChI=1S/C15H22O4/c1-8-4-5-11(16)9(2)7-13-14(12(17)6-8)10(3)15(18)19-13/h4,7,10-14,16-17H,5-6H2,1-3H3. The van der Waals surface area contributed by atoms with E-state index in [1.165, 1.54) is 0 Å². The number of aliphatic hydroxyl groups excluding tert-OH is 2. The molecule has 4 heteroatoms. The van der Waals surface area contributed by atoms with Crippen LogP contribution in [0.25, 0.3) is 0 Å². The van der Waals surface area contributed by atoms with Crippen LogP contribution in [-0.4, -0.2) is 34.5 Å². The zero-order chi connectivity index (χ0) is 14.2. The van der Waals surface area contributed by atoms with Gasteiger partial charge in [-0.2, -0.15) is 0 Å². The van der Waals surface area contributed by atoms with Crippen molar-refractivity contribution in [3.63, 3.8) is 0 Å². The first kappa shape index (κ1) is 14.3. The highest BCUT2D eigenvalue weighted by Crippen LogP contribution is 2.35. The van der Waals surface area contributed by atoms with Crippen molar-refractivity contribution in [2.75, 3.05) is 0 Å². The van der Waals surface area contributed by atoms with Crippen LogP contribution in [0.1, 0.15) is 33.6 Å². The Kier molecular flexibility index (Phi) is 4.11. The monoisotopic (exact) mass is 266 g/mol. The number of carbonyl (C=O) groups excluding carboxylic acids is 1. The summed E-state index contributed by atoms with van der Waals surface area (Å²) in [6.45, 7) is 5.56. The fraction of sp³-hybridized carbons (Fsp3) is 0.667. The minimum absolute atomic E-state index is 0.240. The molecule has 1 fully saturated rings. The van der Waals surface area contributed by atoms with Crippen LogP contribution in [-0.2, 0) is 9.53 Å². The van der Waals surface area contributed by atoms with Crippen LogP contribution in [0.15, 0.2) is 23.3 Å². The topological polar surface area (TPSA) is 66.8 Å². The Morgan fingerprint density at radius 3 is 2.68 bits per heavy atom. The van der Waals surface area contributed by atoms with E-state index in [1.54, 1.807) is 13.0 Å². The third kappa shape index (κ3) is 2.90. The van der Waals surface area contributed by atoms with Crippen LogP contribution in [0.4, 0.5) is 0 Å². The number of carbonyl (C=O) groups is 1. The molecule has 0 radical (unpaired) electrons. The Morgan fingerprint density at radius 2 is 2.00 bits per heavy atom. The average molecular weight is 266 g/mol. The van der Waals surface area contributed by atoms with E-state index < -0.39 is 18.3 Å². The molecule has 0 saturated carbocycles. The Balaban J connectivity index is 2.35. The van der Waals surface area contributed by atoms with E-state index >= 15 is 0 Å². The zero-order valence-electron chi connectivity index (χ0n) is 11.7. The second kappa shape index (κ2) is 5.47. The van der Waals surface area contributed by atoms with Gasteiger partial charge in [0, 0.05) is 5.92 Å². The fourth-order valence-electron chi connectivity index (χ4n) is 2.88. The average Bonchev–Trinajstić information content (AvgIpc) is 2.60. The second-order valence-electron chi connectivity index (χ2n) is 5.75. The molecule has 106 valence electrons. The minimum atomic E-state index is -0.595. The van der Waals surface area contributed by atoms with Gasteiger partial charge in [0.25, 0.3) is 0 Å². The lowest BCUT2D eigenvalue weighted by Crippen LogP contribution is -2.32. The largest absolute Gasteiger partial charge is 0.457 e. The molecule has 0 aromatic rings. The lowest BCUT2D eigenvalue weighted by molar-refractivity contribution is -0.142. The molecular formula is C15H22O4. The summed E-state index contributed by atoms with van der Waals surface area (Å²) in [7, 11) is 0. The van der Waals surface area contributed by atoms with E-state index in [-0.39, 0.29) is 17.8 Å². The fourth-order valence-corrected chi connectivity index (χ4v) is 2.88. The van der Waals surface area contributed by atoms with Crippen LogP contribution in [0, 0.1) is 11.8 Å². The smallest absolute Gasteiger partial charge is 0.309 e. The van der Waals surface area contributed by atoms with Gasteiger partial charge >= 0.3 is 5.97 Å². The summed E-state index contributed by atoms with van der Waals surface area (Å²) in [5, 5.41) is 20.4. The van der Waals surface area contributed by atoms with Crippen molar-refractivity contribution in [2.45, 2.75) is 51.9 Å². The molecule has 1 saturated heterocycles. The van der Waals surface area contributed by atoms with Crippen molar-refractivity contribution in [1.29, 1.82) is 0 Å². The third-order valence-electron chi connectivity index (χ3n) is 4.20. The Labute approximate surface area is 113 Å². The maximum Gasteiger partial charge on any atom is 0.309 e. The first-order valence-electron chi connectivity index (χ1n) is 6.80. The molecule has 0 aromatic heterocycles. The van der Waals surface area contributed by atoms with E-state index in [1.807, 2.05) is 19.9 Å². The summed E-state index contributed by atoms with van der Waals surface area (Å²) in [6.07, 6.45) is 3.20. The van der Waals surface area contributed by atoms with Crippen molar-refractivity contribution < 1.29 is 19.7 Å². The van der Waals surface area contributed by atoms with E-state index in [2.05, 4.69) is 0 Å². The predicted molar refractivity (Wildman–Crippen MR) is 71.3 cm³/mol. The van der Waals surface area contributed by atoms with E-state index in [0.29, 0.717) is 12.8 Å². The second-order valence-corrected chi connectivity index (χ2v) is 5.75. The van der Waals surface area contributed by atoms with Gasteiger partial charge in [-0.3, -0.25) is 4.79 Å². The molecular weight excluding hydrogens is 244 g/mol. The Hall–Kier alpha value is -1.13. The van der Waals surface area contributed by atoms with Crippen LogP contribution in [0.5, 0.6) is 0 Å². The van der Waals surface area contributed by atoms with Crippen LogP contribution in [0.2, 0.25) is 0 Å². The summed E-state index contributed by atoms with van der Waals surface area (Å²) >= 11 is 0. The van der Waals surface area contributed by atoms with Gasteiger partial charge in [-0.15, -0.1) is 0 Å². The Morgan fingerprint density at radius 1 is 1.32 bits per heavy atom. The van der Waals surface area contributed by atoms with Crippen LogP contribution in [0.3, 0.4) is 0 Å². The molecule has 1 aliphatic carbocycles. The van der Waals surface area contributed by atoms with Crippen molar-refractivity contribution in [3.05, 3.63) is 23.3 Å². The summed E-state index contributed by atoms with van der Waals surface area (Å²) in [5.74, 6) is -0.821. The molecule has 1 heterocycles. The van der Waals surface area contributed by atoms with Crippen molar-refractivity contribution in [1.82, 2.24) is 0 Å². The highest BCUT2D eigenvalue weighted by Gasteiger charge is 2.44. The molecule has 4 nitrogen and oxygen atoms in total. The SMILES string of the molecule is CC1=CCC(O)C(C)=CC2OC(=O)C(C)C2C(O)C1. The molecule has 0 amide bonds. The number of rotatable bonds is 0. The first-order valence-corrected chi connectivity index (χ1v) is 6.80. The Bertz CT molecular complexity index is 424. The normalized spacial score (nSPS) is 40.1. The highest BCUT2D eigenvalue weighted by molar-refractivity contribution is 5.75. The number of esters is 1.